The van der Waals surface area contributed by atoms with E-state index >= 15 is 0 Å². The minimum atomic E-state index is -0.158. The van der Waals surface area contributed by atoms with Gasteiger partial charge in [0.15, 0.2) is 0 Å². The monoisotopic (exact) mass is 539 g/mol. The molecule has 2 bridgehead atoms. The van der Waals surface area contributed by atoms with Gasteiger partial charge in [-0.3, -0.25) is 14.6 Å². The summed E-state index contributed by atoms with van der Waals surface area (Å²) in [6, 6.07) is 17.6. The van der Waals surface area contributed by atoms with Crippen molar-refractivity contribution in [2.75, 3.05) is 38.0 Å². The number of nitrogens with zero attached hydrogens (tertiary/aromatic N) is 4. The molecule has 1 amide bonds. The molecule has 39 heavy (non-hydrogen) atoms. The average Bonchev–Trinajstić information content (AvgIpc) is 3.64. The molecule has 4 aromatic rings. The number of piperidine rings is 3. The van der Waals surface area contributed by atoms with Crippen molar-refractivity contribution in [3.8, 4) is 16.3 Å². The van der Waals surface area contributed by atoms with Gasteiger partial charge in [0.1, 0.15) is 27.2 Å². The summed E-state index contributed by atoms with van der Waals surface area (Å²) in [5.41, 5.74) is 4.33. The van der Waals surface area contributed by atoms with Crippen molar-refractivity contribution >= 4 is 33.3 Å². The van der Waals surface area contributed by atoms with Gasteiger partial charge in [0.25, 0.3) is 5.91 Å². The summed E-state index contributed by atoms with van der Waals surface area (Å²) in [7, 11) is 0. The summed E-state index contributed by atoms with van der Waals surface area (Å²) in [5.74, 6) is 1.21. The van der Waals surface area contributed by atoms with Gasteiger partial charge < -0.3 is 10.1 Å². The molecule has 200 valence electrons. The summed E-state index contributed by atoms with van der Waals surface area (Å²) in [6.45, 7) is 6.56. The quantitative estimate of drug-likeness (QED) is 0.326. The lowest BCUT2D eigenvalue weighted by Gasteiger charge is -2.44. The molecule has 1 unspecified atom stereocenters. The third kappa shape index (κ3) is 5.29. The predicted molar refractivity (Wildman–Crippen MR) is 155 cm³/mol. The van der Waals surface area contributed by atoms with Crippen LogP contribution in [0.5, 0.6) is 5.75 Å². The molecule has 0 spiro atoms. The van der Waals surface area contributed by atoms with Gasteiger partial charge in [-0.25, -0.2) is 9.97 Å². The highest BCUT2D eigenvalue weighted by atomic mass is 32.1. The number of carbonyl (C=O) groups is 1. The van der Waals surface area contributed by atoms with Crippen LogP contribution in [0.25, 0.3) is 20.9 Å². The van der Waals surface area contributed by atoms with E-state index in [2.05, 4.69) is 21.2 Å². The maximum atomic E-state index is 13.3. The molecule has 0 aliphatic carbocycles. The highest BCUT2D eigenvalue weighted by Gasteiger charge is 2.35. The number of pyridine rings is 1. The first-order chi connectivity index (χ1) is 19.2. The minimum Gasteiger partial charge on any atom is -0.489 e. The van der Waals surface area contributed by atoms with Gasteiger partial charge in [0.05, 0.1) is 5.69 Å². The van der Waals surface area contributed by atoms with E-state index in [1.807, 2.05) is 54.7 Å². The van der Waals surface area contributed by atoms with E-state index in [-0.39, 0.29) is 12.0 Å². The fraction of sp³-hybridized carbons (Fsp3) is 0.387. The van der Waals surface area contributed by atoms with Crippen LogP contribution in [0.2, 0.25) is 0 Å². The Labute approximate surface area is 232 Å². The Kier molecular flexibility index (Phi) is 6.76. The molecule has 0 saturated carbocycles. The molecule has 1 N–H and O–H groups in total. The summed E-state index contributed by atoms with van der Waals surface area (Å²) in [4.78, 5) is 28.8. The molecule has 4 aliphatic rings. The van der Waals surface area contributed by atoms with Gasteiger partial charge in [-0.05, 0) is 99.7 Å². The predicted octanol–water partition coefficient (Wildman–Crippen LogP) is 5.68. The zero-order chi connectivity index (χ0) is 26.2. The number of ether oxygens (including phenoxy) is 1. The van der Waals surface area contributed by atoms with E-state index in [1.165, 1.54) is 44.3 Å². The van der Waals surface area contributed by atoms with E-state index in [1.54, 1.807) is 11.3 Å². The first-order valence-electron chi connectivity index (χ1n) is 14.1. The number of hydrogen-bond acceptors (Lipinski definition) is 7. The standard InChI is InChI=1S/C31H33N5O2S/c37-29(23-6-5-7-24(17-23)38-28-20-36-14-10-22(28)11-15-36)33-26-9-2-1-8-25(26)30-34-27-16-21(18-32-31(27)39-30)19-35-12-3-4-13-35/h1-2,5-9,16-18,22,28H,3-4,10-15,19-20H2,(H,33,37). The van der Waals surface area contributed by atoms with Crippen LogP contribution in [-0.2, 0) is 6.54 Å². The molecule has 2 aromatic heterocycles. The Balaban J connectivity index is 1.08. The molecule has 0 radical (unpaired) electrons. The van der Waals surface area contributed by atoms with Crippen molar-refractivity contribution in [2.24, 2.45) is 5.92 Å². The highest BCUT2D eigenvalue weighted by molar-refractivity contribution is 7.21. The van der Waals surface area contributed by atoms with Gasteiger partial charge in [0, 0.05) is 30.4 Å². The van der Waals surface area contributed by atoms with Gasteiger partial charge in [-0.1, -0.05) is 29.5 Å². The number of likely N-dealkylation sites (tertiary alicyclic amines) is 1. The van der Waals surface area contributed by atoms with Crippen molar-refractivity contribution in [3.63, 3.8) is 0 Å². The number of nitrogens with one attached hydrogen (secondary N) is 1. The Bertz CT molecular complexity index is 1490. The Hall–Kier alpha value is -3.33. The number of fused-ring (bicyclic) bond motifs is 4. The number of para-hydroxylation sites is 1. The largest absolute Gasteiger partial charge is 0.489 e. The molecule has 6 heterocycles. The number of hydrogen-bond donors (Lipinski definition) is 1. The van der Waals surface area contributed by atoms with Crippen LogP contribution in [0.15, 0.2) is 60.8 Å². The maximum Gasteiger partial charge on any atom is 0.255 e. The van der Waals surface area contributed by atoms with Crippen LogP contribution < -0.4 is 10.1 Å². The minimum absolute atomic E-state index is 0.158. The molecule has 1 atom stereocenters. The number of thiazole rings is 1. The number of carbonyl (C=O) groups excluding carboxylic acids is 1. The van der Waals surface area contributed by atoms with Crippen LogP contribution in [0.4, 0.5) is 5.69 Å². The van der Waals surface area contributed by atoms with Crippen molar-refractivity contribution in [3.05, 3.63) is 71.9 Å². The Morgan fingerprint density at radius 2 is 1.87 bits per heavy atom. The van der Waals surface area contributed by atoms with E-state index in [4.69, 9.17) is 14.7 Å². The third-order valence-corrected chi connectivity index (χ3v) is 9.31. The first kappa shape index (κ1) is 24.7. The van der Waals surface area contributed by atoms with Crippen molar-refractivity contribution < 1.29 is 9.53 Å². The molecule has 4 fully saturated rings. The topological polar surface area (TPSA) is 70.6 Å². The van der Waals surface area contributed by atoms with Crippen LogP contribution in [0.1, 0.15) is 41.6 Å². The van der Waals surface area contributed by atoms with E-state index in [9.17, 15) is 4.79 Å². The zero-order valence-corrected chi connectivity index (χ0v) is 22.8. The first-order valence-corrected chi connectivity index (χ1v) is 14.9. The Morgan fingerprint density at radius 1 is 1.03 bits per heavy atom. The summed E-state index contributed by atoms with van der Waals surface area (Å²) >= 11 is 1.56. The molecule has 2 aromatic carbocycles. The summed E-state index contributed by atoms with van der Waals surface area (Å²) in [5, 5.41) is 3.98. The average molecular weight is 540 g/mol. The van der Waals surface area contributed by atoms with Crippen LogP contribution in [-0.4, -0.2) is 64.5 Å². The molecular formula is C31H33N5O2S. The lowest BCUT2D eigenvalue weighted by atomic mass is 9.86. The number of rotatable bonds is 7. The van der Waals surface area contributed by atoms with E-state index in [0.717, 1.165) is 58.5 Å². The van der Waals surface area contributed by atoms with Crippen molar-refractivity contribution in [1.82, 2.24) is 19.8 Å². The third-order valence-electron chi connectivity index (χ3n) is 8.29. The molecule has 4 saturated heterocycles. The van der Waals surface area contributed by atoms with Crippen molar-refractivity contribution in [2.45, 2.75) is 38.3 Å². The fourth-order valence-corrected chi connectivity index (χ4v) is 7.10. The maximum absolute atomic E-state index is 13.3. The SMILES string of the molecule is O=C(Nc1ccccc1-c1nc2cc(CN3CCCC3)cnc2s1)c1cccc(OC2CN3CCC2CC3)c1. The zero-order valence-electron chi connectivity index (χ0n) is 22.0. The second-order valence-electron chi connectivity index (χ2n) is 11.0. The van der Waals surface area contributed by atoms with Crippen molar-refractivity contribution in [1.29, 1.82) is 0 Å². The summed E-state index contributed by atoms with van der Waals surface area (Å²) < 4.78 is 6.37. The molecule has 8 rings (SSSR count). The number of aromatic nitrogens is 2. The van der Waals surface area contributed by atoms with Crippen LogP contribution in [0, 0.1) is 5.92 Å². The van der Waals surface area contributed by atoms with Gasteiger partial charge >= 0.3 is 0 Å². The lowest BCUT2D eigenvalue weighted by molar-refractivity contribution is -0.00778. The number of amides is 1. The smallest absolute Gasteiger partial charge is 0.255 e. The lowest BCUT2D eigenvalue weighted by Crippen LogP contribution is -2.52. The second kappa shape index (κ2) is 10.7. The number of benzene rings is 2. The van der Waals surface area contributed by atoms with Gasteiger partial charge in [0.2, 0.25) is 0 Å². The molecular weight excluding hydrogens is 506 g/mol. The highest BCUT2D eigenvalue weighted by Crippen LogP contribution is 2.35. The molecule has 4 aliphatic heterocycles. The Morgan fingerprint density at radius 3 is 2.69 bits per heavy atom. The molecule has 7 nitrogen and oxygen atoms in total. The second-order valence-corrected chi connectivity index (χ2v) is 12.0. The van der Waals surface area contributed by atoms with Crippen LogP contribution >= 0.6 is 11.3 Å². The van der Waals surface area contributed by atoms with Crippen LogP contribution in [0.3, 0.4) is 0 Å². The summed E-state index contributed by atoms with van der Waals surface area (Å²) in [6.07, 6.45) is 7.12. The molecule has 8 heteroatoms. The van der Waals surface area contributed by atoms with Gasteiger partial charge in [-0.2, -0.15) is 0 Å². The number of anilines is 1. The van der Waals surface area contributed by atoms with Gasteiger partial charge in [-0.15, -0.1) is 0 Å². The van der Waals surface area contributed by atoms with E-state index in [0.29, 0.717) is 11.5 Å². The normalized spacial score (nSPS) is 22.8. The fourth-order valence-electron chi connectivity index (χ4n) is 6.17. The van der Waals surface area contributed by atoms with E-state index < -0.39 is 0 Å².